The largest absolute Gasteiger partial charge is 0.303 e. The number of hydrogen-bond acceptors (Lipinski definition) is 3. The van der Waals surface area contributed by atoms with Crippen molar-refractivity contribution in [1.82, 2.24) is 0 Å². The van der Waals surface area contributed by atoms with Crippen molar-refractivity contribution in [3.05, 3.63) is 39.4 Å². The second kappa shape index (κ2) is 5.24. The van der Waals surface area contributed by atoms with E-state index < -0.39 is 0 Å². The third kappa shape index (κ3) is 3.16. The van der Waals surface area contributed by atoms with Gasteiger partial charge in [-0.2, -0.15) is 0 Å². The predicted molar refractivity (Wildman–Crippen MR) is 56.8 cm³/mol. The molecule has 0 aliphatic carbocycles. The lowest BCUT2D eigenvalue weighted by Crippen LogP contribution is -1.93. The van der Waals surface area contributed by atoms with E-state index in [4.69, 9.17) is 0 Å². The third-order valence-electron chi connectivity index (χ3n) is 2.25. The van der Waals surface area contributed by atoms with Crippen LogP contribution >= 0.6 is 0 Å². The molecule has 4 heteroatoms. The molecule has 0 fully saturated rings. The molecular weight excluding hydrogens is 194 g/mol. The summed E-state index contributed by atoms with van der Waals surface area (Å²) in [5.74, 6) is 0. The molecule has 0 unspecified atom stereocenters. The first-order chi connectivity index (χ1) is 7.15. The van der Waals surface area contributed by atoms with Gasteiger partial charge in [0.05, 0.1) is 4.92 Å². The predicted octanol–water partition coefficient (Wildman–Crippen LogP) is 2.42. The van der Waals surface area contributed by atoms with E-state index in [-0.39, 0.29) is 10.6 Å². The molecule has 0 heterocycles. The summed E-state index contributed by atoms with van der Waals surface area (Å²) in [5.41, 5.74) is 1.86. The zero-order valence-corrected chi connectivity index (χ0v) is 8.60. The van der Waals surface area contributed by atoms with Crippen LogP contribution in [0, 0.1) is 17.0 Å². The third-order valence-corrected chi connectivity index (χ3v) is 2.25. The summed E-state index contributed by atoms with van der Waals surface area (Å²) in [7, 11) is 0. The van der Waals surface area contributed by atoms with Crippen LogP contribution in [0.4, 0.5) is 5.69 Å². The van der Waals surface area contributed by atoms with Crippen LogP contribution in [0.25, 0.3) is 0 Å². The van der Waals surface area contributed by atoms with E-state index in [9.17, 15) is 14.9 Å². The minimum absolute atomic E-state index is 0.147. The van der Waals surface area contributed by atoms with E-state index in [2.05, 4.69) is 0 Å². The molecule has 0 aliphatic rings. The number of unbranched alkanes of at least 4 members (excludes halogenated alkanes) is 1. The Morgan fingerprint density at radius 2 is 2.20 bits per heavy atom. The molecule has 1 aromatic rings. The molecule has 0 N–H and O–H groups in total. The molecule has 0 aliphatic heterocycles. The van der Waals surface area contributed by atoms with Crippen LogP contribution in [-0.4, -0.2) is 11.2 Å². The topological polar surface area (TPSA) is 60.2 Å². The van der Waals surface area contributed by atoms with Crippen LogP contribution in [0.1, 0.15) is 24.0 Å². The Bertz CT molecular complexity index is 374. The van der Waals surface area contributed by atoms with Crippen molar-refractivity contribution in [3.8, 4) is 0 Å². The number of nitro groups is 1. The Kier molecular flexibility index (Phi) is 3.97. The van der Waals surface area contributed by atoms with Crippen molar-refractivity contribution < 1.29 is 9.72 Å². The first-order valence-corrected chi connectivity index (χ1v) is 4.82. The fourth-order valence-electron chi connectivity index (χ4n) is 1.47. The van der Waals surface area contributed by atoms with E-state index in [0.29, 0.717) is 12.0 Å². The van der Waals surface area contributed by atoms with Crippen LogP contribution < -0.4 is 0 Å². The number of benzene rings is 1. The first-order valence-electron chi connectivity index (χ1n) is 4.82. The fraction of sp³-hybridized carbons (Fsp3) is 0.364. The molecule has 0 bridgehead atoms. The van der Waals surface area contributed by atoms with Gasteiger partial charge in [0, 0.05) is 18.1 Å². The monoisotopic (exact) mass is 207 g/mol. The molecule has 0 radical (unpaired) electrons. The van der Waals surface area contributed by atoms with Gasteiger partial charge in [-0.15, -0.1) is 0 Å². The van der Waals surface area contributed by atoms with E-state index in [0.717, 1.165) is 24.7 Å². The summed E-state index contributed by atoms with van der Waals surface area (Å²) >= 11 is 0. The molecule has 0 spiro atoms. The highest BCUT2D eigenvalue weighted by Crippen LogP contribution is 2.19. The number of hydrogen-bond donors (Lipinski definition) is 0. The molecule has 4 nitrogen and oxygen atoms in total. The lowest BCUT2D eigenvalue weighted by atomic mass is 10.0. The van der Waals surface area contributed by atoms with Crippen molar-refractivity contribution in [1.29, 1.82) is 0 Å². The number of carbonyl (C=O) groups excluding carboxylic acids is 1. The summed E-state index contributed by atoms with van der Waals surface area (Å²) in [5, 5.41) is 10.6. The van der Waals surface area contributed by atoms with E-state index in [1.165, 1.54) is 6.07 Å². The van der Waals surface area contributed by atoms with Gasteiger partial charge in [-0.3, -0.25) is 10.1 Å². The molecule has 80 valence electrons. The molecule has 0 atom stereocenters. The maximum Gasteiger partial charge on any atom is 0.272 e. The fourth-order valence-corrected chi connectivity index (χ4v) is 1.47. The quantitative estimate of drug-likeness (QED) is 0.322. The molecular formula is C11H13NO3. The second-order valence-corrected chi connectivity index (χ2v) is 3.44. The van der Waals surface area contributed by atoms with Crippen molar-refractivity contribution >= 4 is 12.0 Å². The summed E-state index contributed by atoms with van der Waals surface area (Å²) in [6.07, 6.45) is 3.01. The number of carbonyl (C=O) groups is 1. The number of aldehydes is 1. The van der Waals surface area contributed by atoms with Gasteiger partial charge in [-0.1, -0.05) is 6.07 Å². The van der Waals surface area contributed by atoms with Gasteiger partial charge in [0.15, 0.2) is 0 Å². The van der Waals surface area contributed by atoms with E-state index in [1.54, 1.807) is 13.0 Å². The first kappa shape index (κ1) is 11.4. The van der Waals surface area contributed by atoms with Crippen LogP contribution in [-0.2, 0) is 11.2 Å². The molecule has 1 aromatic carbocycles. The molecule has 0 amide bonds. The zero-order valence-electron chi connectivity index (χ0n) is 8.60. The van der Waals surface area contributed by atoms with Gasteiger partial charge in [0.25, 0.3) is 5.69 Å². The normalized spacial score (nSPS) is 9.93. The van der Waals surface area contributed by atoms with Crippen LogP contribution in [0.5, 0.6) is 0 Å². The Balaban J connectivity index is 2.73. The summed E-state index contributed by atoms with van der Waals surface area (Å²) in [6, 6.07) is 5.07. The second-order valence-electron chi connectivity index (χ2n) is 3.44. The summed E-state index contributed by atoms with van der Waals surface area (Å²) < 4.78 is 0. The minimum atomic E-state index is -0.384. The van der Waals surface area contributed by atoms with Crippen molar-refractivity contribution in [2.24, 2.45) is 0 Å². The number of nitro benzene ring substituents is 1. The molecule has 15 heavy (non-hydrogen) atoms. The molecule has 1 rings (SSSR count). The Labute approximate surface area is 88.1 Å². The van der Waals surface area contributed by atoms with Gasteiger partial charge in [-0.05, 0) is 31.4 Å². The Hall–Kier alpha value is -1.71. The molecule has 0 aromatic heterocycles. The maximum atomic E-state index is 10.6. The molecule has 0 saturated heterocycles. The van der Waals surface area contributed by atoms with Crippen LogP contribution in [0.15, 0.2) is 18.2 Å². The minimum Gasteiger partial charge on any atom is -0.303 e. The SMILES string of the molecule is Cc1cc(CCCC=O)ccc1[N+](=O)[O-]. The van der Waals surface area contributed by atoms with Gasteiger partial charge >= 0.3 is 0 Å². The van der Waals surface area contributed by atoms with Crippen molar-refractivity contribution in [3.63, 3.8) is 0 Å². The smallest absolute Gasteiger partial charge is 0.272 e. The highest BCUT2D eigenvalue weighted by molar-refractivity contribution is 5.49. The van der Waals surface area contributed by atoms with Gasteiger partial charge in [-0.25, -0.2) is 0 Å². The number of nitrogens with zero attached hydrogens (tertiary/aromatic N) is 1. The van der Waals surface area contributed by atoms with Gasteiger partial charge in [0.1, 0.15) is 6.29 Å². The number of rotatable bonds is 5. The summed E-state index contributed by atoms with van der Waals surface area (Å²) in [6.45, 7) is 1.72. The Morgan fingerprint density at radius 3 is 2.73 bits per heavy atom. The summed E-state index contributed by atoms with van der Waals surface area (Å²) in [4.78, 5) is 20.3. The van der Waals surface area contributed by atoms with Crippen LogP contribution in [0.2, 0.25) is 0 Å². The highest BCUT2D eigenvalue weighted by atomic mass is 16.6. The zero-order chi connectivity index (χ0) is 11.3. The lowest BCUT2D eigenvalue weighted by molar-refractivity contribution is -0.385. The van der Waals surface area contributed by atoms with Gasteiger partial charge < -0.3 is 4.79 Å². The van der Waals surface area contributed by atoms with Crippen molar-refractivity contribution in [2.75, 3.05) is 0 Å². The molecule has 0 saturated carbocycles. The maximum absolute atomic E-state index is 10.6. The Morgan fingerprint density at radius 1 is 1.47 bits per heavy atom. The van der Waals surface area contributed by atoms with Crippen molar-refractivity contribution in [2.45, 2.75) is 26.2 Å². The highest BCUT2D eigenvalue weighted by Gasteiger charge is 2.09. The van der Waals surface area contributed by atoms with E-state index >= 15 is 0 Å². The van der Waals surface area contributed by atoms with Crippen LogP contribution in [0.3, 0.4) is 0 Å². The van der Waals surface area contributed by atoms with Gasteiger partial charge in [0.2, 0.25) is 0 Å². The lowest BCUT2D eigenvalue weighted by Gasteiger charge is -2.01. The average molecular weight is 207 g/mol. The average Bonchev–Trinajstić information content (AvgIpc) is 2.17. The van der Waals surface area contributed by atoms with E-state index in [1.807, 2.05) is 6.07 Å². The standard InChI is InChI=1S/C11H13NO3/c1-9-8-10(4-2-3-7-13)5-6-11(9)12(14)15/h5-8H,2-4H2,1H3. The number of aryl methyl sites for hydroxylation is 2.